The topological polar surface area (TPSA) is 105 Å². The molecule has 2 aromatic heterocycles. The number of carbonyl (C=O) groups is 2. The Bertz CT molecular complexity index is 1700. The van der Waals surface area contributed by atoms with Crippen molar-refractivity contribution in [2.45, 2.75) is 18.6 Å². The quantitative estimate of drug-likeness (QED) is 0.229. The molecule has 2 N–H and O–H groups in total. The number of nitrogens with zero attached hydrogens (tertiary/aromatic N) is 2. The molecule has 202 valence electrons. The Hall–Kier alpha value is -4.70. The van der Waals surface area contributed by atoms with Gasteiger partial charge in [0.25, 0.3) is 5.91 Å². The number of amides is 1. The number of carboxylic acids is 1. The van der Waals surface area contributed by atoms with Crippen LogP contribution in [0.15, 0.2) is 89.5 Å². The van der Waals surface area contributed by atoms with Gasteiger partial charge in [-0.3, -0.25) is 9.78 Å². The van der Waals surface area contributed by atoms with Crippen molar-refractivity contribution in [1.82, 2.24) is 15.3 Å². The number of pyridine rings is 1. The van der Waals surface area contributed by atoms with E-state index < -0.39 is 29.8 Å². The number of hydrogen-bond acceptors (Lipinski definition) is 5. The molecule has 0 spiro atoms. The Morgan fingerprint density at radius 2 is 1.70 bits per heavy atom. The van der Waals surface area contributed by atoms with Gasteiger partial charge in [0.05, 0.1) is 0 Å². The maximum atomic E-state index is 13.4. The van der Waals surface area contributed by atoms with Crippen LogP contribution in [0.2, 0.25) is 5.02 Å². The number of hydrogen-bond donors (Lipinski definition) is 2. The summed E-state index contributed by atoms with van der Waals surface area (Å²) in [6.07, 6.45) is -3.79. The standard InChI is InChI=1S/C29H19ClF3N3O4/c30-19-11-8-16(9-12-19)14-22(28(38)39)35-26(37)24-25(18-10-13-23(34-15-18)29(31,32)33)40-27(36-24)21-7-3-5-17-4-1-2-6-20(17)21/h1-13,15,22H,14H2,(H,35,37)(H,38,39)/t22-/m1/s1. The van der Waals surface area contributed by atoms with Crippen molar-refractivity contribution in [3.8, 4) is 22.8 Å². The lowest BCUT2D eigenvalue weighted by molar-refractivity contribution is -0.141. The number of fused-ring (bicyclic) bond motifs is 1. The highest BCUT2D eigenvalue weighted by molar-refractivity contribution is 6.30. The summed E-state index contributed by atoms with van der Waals surface area (Å²) in [5, 5.41) is 14.3. The number of aromatic nitrogens is 2. The van der Waals surface area contributed by atoms with Crippen LogP contribution in [0.3, 0.4) is 0 Å². The van der Waals surface area contributed by atoms with Crippen LogP contribution in [0.4, 0.5) is 13.2 Å². The Labute approximate surface area is 230 Å². The summed E-state index contributed by atoms with van der Waals surface area (Å²) >= 11 is 5.90. The van der Waals surface area contributed by atoms with E-state index in [0.717, 1.165) is 29.1 Å². The van der Waals surface area contributed by atoms with Crippen LogP contribution in [-0.2, 0) is 17.4 Å². The van der Waals surface area contributed by atoms with E-state index in [1.807, 2.05) is 30.3 Å². The number of carboxylic acid groups (broad SMARTS) is 1. The molecule has 5 rings (SSSR count). The van der Waals surface area contributed by atoms with E-state index >= 15 is 0 Å². The molecule has 0 aliphatic heterocycles. The number of oxazole rings is 1. The van der Waals surface area contributed by atoms with Gasteiger partial charge >= 0.3 is 12.1 Å². The van der Waals surface area contributed by atoms with Crippen LogP contribution in [0.25, 0.3) is 33.6 Å². The van der Waals surface area contributed by atoms with Gasteiger partial charge in [0.15, 0.2) is 11.5 Å². The summed E-state index contributed by atoms with van der Waals surface area (Å²) in [5.74, 6) is -2.30. The second-order valence-electron chi connectivity index (χ2n) is 8.85. The molecule has 0 saturated carbocycles. The van der Waals surface area contributed by atoms with E-state index in [2.05, 4.69) is 15.3 Å². The molecule has 0 fully saturated rings. The molecule has 0 aliphatic carbocycles. The Morgan fingerprint density at radius 3 is 2.38 bits per heavy atom. The molecular weight excluding hydrogens is 547 g/mol. The fourth-order valence-corrected chi connectivity index (χ4v) is 4.30. The molecule has 0 aliphatic rings. The first-order valence-electron chi connectivity index (χ1n) is 11.9. The molecule has 40 heavy (non-hydrogen) atoms. The van der Waals surface area contributed by atoms with Crippen molar-refractivity contribution >= 4 is 34.2 Å². The lowest BCUT2D eigenvalue weighted by Gasteiger charge is -2.14. The van der Waals surface area contributed by atoms with E-state index in [9.17, 15) is 27.9 Å². The van der Waals surface area contributed by atoms with Crippen LogP contribution in [0, 0.1) is 0 Å². The van der Waals surface area contributed by atoms with Gasteiger partial charge in [0.2, 0.25) is 5.89 Å². The fourth-order valence-electron chi connectivity index (χ4n) is 4.18. The first-order valence-corrected chi connectivity index (χ1v) is 12.3. The summed E-state index contributed by atoms with van der Waals surface area (Å²) in [6.45, 7) is 0. The average molecular weight is 566 g/mol. The van der Waals surface area contributed by atoms with Gasteiger partial charge in [-0.15, -0.1) is 0 Å². The van der Waals surface area contributed by atoms with E-state index in [0.29, 0.717) is 16.1 Å². The van der Waals surface area contributed by atoms with Crippen LogP contribution >= 0.6 is 11.6 Å². The lowest BCUT2D eigenvalue weighted by atomic mass is 10.0. The molecule has 11 heteroatoms. The Balaban J connectivity index is 1.56. The van der Waals surface area contributed by atoms with Crippen molar-refractivity contribution in [2.24, 2.45) is 0 Å². The monoisotopic (exact) mass is 565 g/mol. The van der Waals surface area contributed by atoms with Gasteiger partial charge in [-0.25, -0.2) is 9.78 Å². The summed E-state index contributed by atoms with van der Waals surface area (Å²) in [5.41, 5.74) is -0.214. The minimum Gasteiger partial charge on any atom is -0.480 e. The zero-order chi connectivity index (χ0) is 28.4. The first-order chi connectivity index (χ1) is 19.1. The van der Waals surface area contributed by atoms with Crippen molar-refractivity contribution in [2.75, 3.05) is 0 Å². The maximum Gasteiger partial charge on any atom is 0.433 e. The summed E-state index contributed by atoms with van der Waals surface area (Å²) in [6, 6.07) is 19.8. The minimum atomic E-state index is -4.66. The number of rotatable bonds is 7. The zero-order valence-corrected chi connectivity index (χ0v) is 21.2. The third kappa shape index (κ3) is 5.67. The van der Waals surface area contributed by atoms with Crippen LogP contribution in [0.5, 0.6) is 0 Å². The highest BCUT2D eigenvalue weighted by Gasteiger charge is 2.33. The van der Waals surface area contributed by atoms with Gasteiger partial charge in [0, 0.05) is 28.8 Å². The molecule has 1 amide bonds. The number of nitrogens with one attached hydrogen (secondary N) is 1. The molecule has 7 nitrogen and oxygen atoms in total. The number of alkyl halides is 3. The second kappa shape index (κ2) is 10.8. The van der Waals surface area contributed by atoms with Gasteiger partial charge in [-0.2, -0.15) is 13.2 Å². The number of aliphatic carboxylic acids is 1. The summed E-state index contributed by atoms with van der Waals surface area (Å²) in [4.78, 5) is 33.2. The van der Waals surface area contributed by atoms with Gasteiger partial charge in [-0.1, -0.05) is 60.1 Å². The summed E-state index contributed by atoms with van der Waals surface area (Å²) < 4.78 is 45.3. The van der Waals surface area contributed by atoms with Crippen LogP contribution in [-0.4, -0.2) is 33.0 Å². The van der Waals surface area contributed by atoms with Crippen LogP contribution < -0.4 is 5.32 Å². The second-order valence-corrected chi connectivity index (χ2v) is 9.28. The SMILES string of the molecule is O=C(N[C@H](Cc1ccc(Cl)cc1)C(=O)O)c1nc(-c2cccc3ccccc23)oc1-c1ccc(C(F)(F)F)nc1. The largest absolute Gasteiger partial charge is 0.480 e. The third-order valence-electron chi connectivity index (χ3n) is 6.13. The van der Waals surface area contributed by atoms with Crippen molar-refractivity contribution < 1.29 is 32.3 Å². The Morgan fingerprint density at radius 1 is 0.975 bits per heavy atom. The van der Waals surface area contributed by atoms with E-state index in [1.165, 1.54) is 0 Å². The van der Waals surface area contributed by atoms with Crippen molar-refractivity contribution in [1.29, 1.82) is 0 Å². The highest BCUT2D eigenvalue weighted by atomic mass is 35.5. The summed E-state index contributed by atoms with van der Waals surface area (Å²) in [7, 11) is 0. The first kappa shape index (κ1) is 26.9. The van der Waals surface area contributed by atoms with Crippen molar-refractivity contribution in [3.05, 3.63) is 107 Å². The highest BCUT2D eigenvalue weighted by Crippen LogP contribution is 2.35. The fraction of sp³-hybridized carbons (Fsp3) is 0.103. The predicted octanol–water partition coefficient (Wildman–Crippen LogP) is 6.65. The number of halogens is 4. The normalized spacial score (nSPS) is 12.3. The zero-order valence-electron chi connectivity index (χ0n) is 20.4. The average Bonchev–Trinajstić information content (AvgIpc) is 3.38. The number of carbonyl (C=O) groups excluding carboxylic acids is 1. The number of benzene rings is 3. The molecule has 1 atom stereocenters. The minimum absolute atomic E-state index is 0.0291. The molecule has 0 saturated heterocycles. The van der Waals surface area contributed by atoms with E-state index in [1.54, 1.807) is 36.4 Å². The molecule has 3 aromatic carbocycles. The molecule has 5 aromatic rings. The maximum absolute atomic E-state index is 13.4. The molecule has 2 heterocycles. The molecular formula is C29H19ClF3N3O4. The van der Waals surface area contributed by atoms with Crippen molar-refractivity contribution in [3.63, 3.8) is 0 Å². The predicted molar refractivity (Wildman–Crippen MR) is 142 cm³/mol. The van der Waals surface area contributed by atoms with Gasteiger partial charge in [-0.05, 0) is 46.7 Å². The van der Waals surface area contributed by atoms with E-state index in [-0.39, 0.29) is 29.3 Å². The molecule has 0 bridgehead atoms. The molecule has 0 radical (unpaired) electrons. The Kier molecular flexibility index (Phi) is 7.27. The molecule has 0 unspecified atom stereocenters. The lowest BCUT2D eigenvalue weighted by Crippen LogP contribution is -2.42. The van der Waals surface area contributed by atoms with Crippen LogP contribution in [0.1, 0.15) is 21.7 Å². The van der Waals surface area contributed by atoms with Gasteiger partial charge in [0.1, 0.15) is 11.7 Å². The van der Waals surface area contributed by atoms with Gasteiger partial charge < -0.3 is 14.8 Å². The van der Waals surface area contributed by atoms with E-state index in [4.69, 9.17) is 16.0 Å². The third-order valence-corrected chi connectivity index (χ3v) is 6.39. The smallest absolute Gasteiger partial charge is 0.433 e.